The van der Waals surface area contributed by atoms with Gasteiger partial charge < -0.3 is 15.4 Å². The van der Waals surface area contributed by atoms with E-state index in [0.29, 0.717) is 19.0 Å². The van der Waals surface area contributed by atoms with Gasteiger partial charge in [-0.25, -0.2) is 13.8 Å². The van der Waals surface area contributed by atoms with Crippen LogP contribution in [0.3, 0.4) is 0 Å². The highest BCUT2D eigenvalue weighted by atomic mass is 19.1. The first-order chi connectivity index (χ1) is 9.20. The van der Waals surface area contributed by atoms with Gasteiger partial charge in [0.15, 0.2) is 23.3 Å². The van der Waals surface area contributed by atoms with Gasteiger partial charge in [-0.1, -0.05) is 0 Å². The second-order valence-electron chi connectivity index (χ2n) is 4.62. The third kappa shape index (κ3) is 3.76. The van der Waals surface area contributed by atoms with Crippen molar-refractivity contribution in [1.29, 1.82) is 0 Å². The summed E-state index contributed by atoms with van der Waals surface area (Å²) in [5.74, 6) is -0.646. The van der Waals surface area contributed by atoms with Crippen LogP contribution in [0.2, 0.25) is 0 Å². The number of hydrogen-bond acceptors (Lipinski definition) is 4. The molecule has 1 unspecified atom stereocenters. The lowest BCUT2D eigenvalue weighted by Gasteiger charge is -2.12. The van der Waals surface area contributed by atoms with Crippen LogP contribution in [0.15, 0.2) is 6.07 Å². The lowest BCUT2D eigenvalue weighted by Crippen LogP contribution is -2.12. The van der Waals surface area contributed by atoms with E-state index in [9.17, 15) is 8.78 Å². The Bertz CT molecular complexity index is 423. The summed E-state index contributed by atoms with van der Waals surface area (Å²) in [4.78, 5) is 3.92. The number of ether oxygens (including phenoxy) is 1. The maximum absolute atomic E-state index is 13.6. The average molecular weight is 271 g/mol. The number of hydrogen-bond donors (Lipinski definition) is 2. The van der Waals surface area contributed by atoms with Gasteiger partial charge in [-0.3, -0.25) is 0 Å². The van der Waals surface area contributed by atoms with Gasteiger partial charge in [0, 0.05) is 32.4 Å². The zero-order valence-corrected chi connectivity index (χ0v) is 11.0. The highest BCUT2D eigenvalue weighted by Crippen LogP contribution is 2.20. The Morgan fingerprint density at radius 3 is 2.68 bits per heavy atom. The highest BCUT2D eigenvalue weighted by Gasteiger charge is 2.16. The predicted molar refractivity (Wildman–Crippen MR) is 70.3 cm³/mol. The largest absolute Gasteiger partial charge is 0.381 e. The number of nitrogens with one attached hydrogen (secondary N) is 2. The molecule has 1 fully saturated rings. The molecule has 19 heavy (non-hydrogen) atoms. The molecule has 0 radical (unpaired) electrons. The molecule has 1 saturated heterocycles. The third-order valence-electron chi connectivity index (χ3n) is 3.14. The van der Waals surface area contributed by atoms with Gasteiger partial charge >= 0.3 is 0 Å². The van der Waals surface area contributed by atoms with Gasteiger partial charge in [-0.15, -0.1) is 0 Å². The maximum atomic E-state index is 13.6. The van der Waals surface area contributed by atoms with Gasteiger partial charge in [-0.05, 0) is 25.7 Å². The molecule has 0 bridgehead atoms. The Hall–Kier alpha value is -1.43. The molecule has 1 aliphatic heterocycles. The van der Waals surface area contributed by atoms with E-state index in [0.717, 1.165) is 32.1 Å². The summed E-state index contributed by atoms with van der Waals surface area (Å²) in [6.45, 7) is 4.54. The van der Waals surface area contributed by atoms with Gasteiger partial charge in [0.2, 0.25) is 0 Å². The average Bonchev–Trinajstić information content (AvgIpc) is 2.88. The van der Waals surface area contributed by atoms with Crippen molar-refractivity contribution in [2.45, 2.75) is 19.8 Å². The molecular weight excluding hydrogens is 252 g/mol. The van der Waals surface area contributed by atoms with Crippen LogP contribution in [0.1, 0.15) is 19.8 Å². The van der Waals surface area contributed by atoms with Crippen molar-refractivity contribution in [3.8, 4) is 0 Å². The lowest BCUT2D eigenvalue weighted by atomic mass is 10.1. The summed E-state index contributed by atoms with van der Waals surface area (Å²) in [5.41, 5.74) is 0. The van der Waals surface area contributed by atoms with Crippen molar-refractivity contribution in [3.63, 3.8) is 0 Å². The van der Waals surface area contributed by atoms with Crippen molar-refractivity contribution >= 4 is 11.6 Å². The Balaban J connectivity index is 1.92. The number of halogens is 2. The van der Waals surface area contributed by atoms with Gasteiger partial charge in [0.05, 0.1) is 0 Å². The molecule has 1 aromatic heterocycles. The van der Waals surface area contributed by atoms with Crippen LogP contribution >= 0.6 is 0 Å². The van der Waals surface area contributed by atoms with Crippen LogP contribution in [0.5, 0.6) is 0 Å². The fraction of sp³-hybridized carbons (Fsp3) is 0.615. The van der Waals surface area contributed by atoms with Crippen molar-refractivity contribution in [3.05, 3.63) is 17.7 Å². The Labute approximate surface area is 111 Å². The van der Waals surface area contributed by atoms with Crippen LogP contribution < -0.4 is 10.6 Å². The number of anilines is 2. The third-order valence-corrected chi connectivity index (χ3v) is 3.14. The van der Waals surface area contributed by atoms with E-state index in [1.165, 1.54) is 0 Å². The molecule has 1 aliphatic rings. The Morgan fingerprint density at radius 1 is 1.32 bits per heavy atom. The smallest absolute Gasteiger partial charge is 0.168 e. The Morgan fingerprint density at radius 2 is 2.05 bits per heavy atom. The first kappa shape index (κ1) is 14.0. The summed E-state index contributed by atoms with van der Waals surface area (Å²) < 4.78 is 32.2. The van der Waals surface area contributed by atoms with E-state index in [1.54, 1.807) is 0 Å². The number of pyridine rings is 1. The zero-order valence-electron chi connectivity index (χ0n) is 11.0. The van der Waals surface area contributed by atoms with Crippen LogP contribution in [-0.2, 0) is 4.74 Å². The summed E-state index contributed by atoms with van der Waals surface area (Å²) in [5, 5.41) is 5.68. The minimum absolute atomic E-state index is 0.0793. The normalized spacial score (nSPS) is 18.6. The minimum atomic E-state index is -0.672. The molecule has 106 valence electrons. The molecular formula is C13H19F2N3O. The molecule has 0 aliphatic carbocycles. The van der Waals surface area contributed by atoms with Crippen molar-refractivity contribution < 1.29 is 13.5 Å². The van der Waals surface area contributed by atoms with E-state index >= 15 is 0 Å². The lowest BCUT2D eigenvalue weighted by molar-refractivity contribution is 0.185. The zero-order chi connectivity index (χ0) is 13.7. The summed E-state index contributed by atoms with van der Waals surface area (Å²) in [7, 11) is 0. The fourth-order valence-electron chi connectivity index (χ4n) is 2.09. The summed E-state index contributed by atoms with van der Waals surface area (Å²) in [6.07, 6.45) is 1.94. The van der Waals surface area contributed by atoms with Crippen molar-refractivity contribution in [2.75, 3.05) is 36.9 Å². The first-order valence-corrected chi connectivity index (χ1v) is 6.62. The molecule has 1 aromatic rings. The predicted octanol–water partition coefficient (Wildman–Crippen LogP) is 2.63. The summed E-state index contributed by atoms with van der Waals surface area (Å²) >= 11 is 0. The molecule has 0 saturated carbocycles. The van der Waals surface area contributed by atoms with Gasteiger partial charge in [0.1, 0.15) is 0 Å². The maximum Gasteiger partial charge on any atom is 0.168 e. The van der Waals surface area contributed by atoms with E-state index in [1.807, 2.05) is 6.92 Å². The van der Waals surface area contributed by atoms with Crippen molar-refractivity contribution in [2.24, 2.45) is 5.92 Å². The molecule has 4 nitrogen and oxygen atoms in total. The minimum Gasteiger partial charge on any atom is -0.381 e. The van der Waals surface area contributed by atoms with Crippen LogP contribution in [0.25, 0.3) is 0 Å². The topological polar surface area (TPSA) is 46.2 Å². The molecule has 0 amide bonds. The molecule has 2 heterocycles. The first-order valence-electron chi connectivity index (χ1n) is 6.62. The molecule has 6 heteroatoms. The second-order valence-corrected chi connectivity index (χ2v) is 4.62. The monoisotopic (exact) mass is 271 g/mol. The van der Waals surface area contributed by atoms with Gasteiger partial charge in [0.25, 0.3) is 0 Å². The van der Waals surface area contributed by atoms with E-state index < -0.39 is 11.6 Å². The number of nitrogens with zero attached hydrogens (tertiary/aromatic N) is 1. The van der Waals surface area contributed by atoms with E-state index in [4.69, 9.17) is 4.74 Å². The number of aromatic nitrogens is 1. The molecule has 1 atom stereocenters. The quantitative estimate of drug-likeness (QED) is 0.835. The second kappa shape index (κ2) is 6.65. The SMILES string of the molecule is CCNc1nc(NCCC2CCOC2)c(F)cc1F. The molecule has 2 N–H and O–H groups in total. The van der Waals surface area contributed by atoms with E-state index in [-0.39, 0.29) is 11.6 Å². The van der Waals surface area contributed by atoms with Crippen LogP contribution in [0.4, 0.5) is 20.4 Å². The fourth-order valence-corrected chi connectivity index (χ4v) is 2.09. The Kier molecular flexibility index (Phi) is 4.90. The standard InChI is InChI=1S/C13H19F2N3O/c1-2-16-12-10(14)7-11(15)13(18-12)17-5-3-9-4-6-19-8-9/h7,9H,2-6,8H2,1H3,(H2,16,17,18). The summed E-state index contributed by atoms with van der Waals surface area (Å²) in [6, 6.07) is 0.853. The number of rotatable bonds is 6. The molecule has 0 aromatic carbocycles. The van der Waals surface area contributed by atoms with Crippen LogP contribution in [0, 0.1) is 17.6 Å². The van der Waals surface area contributed by atoms with Crippen molar-refractivity contribution in [1.82, 2.24) is 4.98 Å². The van der Waals surface area contributed by atoms with Gasteiger partial charge in [-0.2, -0.15) is 0 Å². The molecule has 2 rings (SSSR count). The molecule has 0 spiro atoms. The highest BCUT2D eigenvalue weighted by molar-refractivity contribution is 5.47. The van der Waals surface area contributed by atoms with Crippen LogP contribution in [-0.4, -0.2) is 31.3 Å². The van der Waals surface area contributed by atoms with E-state index in [2.05, 4.69) is 15.6 Å².